The lowest BCUT2D eigenvalue weighted by Gasteiger charge is -2.20. The minimum absolute atomic E-state index is 0.0406. The van der Waals surface area contributed by atoms with Crippen LogP contribution in [0.25, 0.3) is 22.4 Å². The van der Waals surface area contributed by atoms with E-state index in [0.717, 1.165) is 16.8 Å². The lowest BCUT2D eigenvalue weighted by molar-refractivity contribution is -0.125. The quantitative estimate of drug-likeness (QED) is 0.280. The Morgan fingerprint density at radius 1 is 0.833 bits per heavy atom. The molecular weight excluding hydrogens is 525 g/mol. The lowest BCUT2D eigenvalue weighted by atomic mass is 9.86. The molecule has 0 amide bonds. The van der Waals surface area contributed by atoms with Crippen molar-refractivity contribution in [2.45, 2.75) is 129 Å². The number of fused-ring (bicyclic) bond motifs is 1. The third-order valence-corrected chi connectivity index (χ3v) is 5.85. The highest BCUT2D eigenvalue weighted by atomic mass is 19.1. The molecule has 3 aromatic rings. The Morgan fingerprint density at radius 2 is 1.31 bits per heavy atom. The Balaban J connectivity index is 0.000000812. The molecular formula is C37H58FNO3. The molecule has 0 aliphatic rings. The van der Waals surface area contributed by atoms with E-state index in [4.69, 9.17) is 4.42 Å². The highest BCUT2D eigenvalue weighted by Gasteiger charge is 2.24. The summed E-state index contributed by atoms with van der Waals surface area (Å²) in [6.45, 7) is 30.8. The van der Waals surface area contributed by atoms with E-state index in [0.29, 0.717) is 34.5 Å². The molecule has 5 heteroatoms. The van der Waals surface area contributed by atoms with Crippen molar-refractivity contribution in [2.24, 2.45) is 16.7 Å². The van der Waals surface area contributed by atoms with Gasteiger partial charge < -0.3 is 4.42 Å². The largest absolute Gasteiger partial charge is 0.451 e. The Kier molecular flexibility index (Phi) is 15.6. The number of hydrogen-bond donors (Lipinski definition) is 0. The number of aromatic nitrogens is 1. The van der Waals surface area contributed by atoms with E-state index in [9.17, 15) is 14.0 Å². The van der Waals surface area contributed by atoms with Crippen LogP contribution in [0.3, 0.4) is 0 Å². The zero-order valence-electron chi connectivity index (χ0n) is 29.2. The molecule has 4 nitrogen and oxygen atoms in total. The van der Waals surface area contributed by atoms with Gasteiger partial charge in [0.2, 0.25) is 5.78 Å². The van der Waals surface area contributed by atoms with Crippen LogP contribution >= 0.6 is 0 Å². The Labute approximate surface area is 255 Å². The molecule has 2 heterocycles. The van der Waals surface area contributed by atoms with Crippen molar-refractivity contribution >= 4 is 22.7 Å². The van der Waals surface area contributed by atoms with Crippen LogP contribution in [0.2, 0.25) is 0 Å². The SMILES string of the molecule is CC(C)(C)C.CC(C)C(=O)c1cc2nc(-c3ccc(F)cc3)cc(C(C)(C)C)c2o1.CCC(=O)C(C)(C)C.CCCC. The number of Topliss-reactive ketones (excluding diaryl/α,β-unsaturated/α-hetero) is 2. The van der Waals surface area contributed by atoms with Crippen LogP contribution in [-0.2, 0) is 10.2 Å². The first-order chi connectivity index (χ1) is 19.1. The Hall–Kier alpha value is -2.82. The van der Waals surface area contributed by atoms with Gasteiger partial charge in [-0.3, -0.25) is 9.59 Å². The number of rotatable bonds is 5. The summed E-state index contributed by atoms with van der Waals surface area (Å²) in [6.07, 6.45) is 3.30. The minimum Gasteiger partial charge on any atom is -0.451 e. The van der Waals surface area contributed by atoms with Gasteiger partial charge in [-0.1, -0.05) is 117 Å². The number of benzene rings is 1. The number of unbranched alkanes of at least 4 members (excludes halogenated alkanes) is 1. The normalized spacial score (nSPS) is 11.5. The zero-order chi connectivity index (χ0) is 33.1. The summed E-state index contributed by atoms with van der Waals surface area (Å²) in [5, 5.41) is 0. The molecule has 0 radical (unpaired) electrons. The number of carbonyl (C=O) groups is 2. The molecule has 0 aliphatic heterocycles. The minimum atomic E-state index is -0.283. The van der Waals surface area contributed by atoms with Crippen LogP contribution in [0.1, 0.15) is 139 Å². The number of carbonyl (C=O) groups excluding carboxylic acids is 2. The average molecular weight is 584 g/mol. The number of furan rings is 1. The van der Waals surface area contributed by atoms with E-state index < -0.39 is 0 Å². The van der Waals surface area contributed by atoms with E-state index >= 15 is 0 Å². The molecule has 3 rings (SSSR count). The molecule has 0 fully saturated rings. The maximum Gasteiger partial charge on any atom is 0.200 e. The van der Waals surface area contributed by atoms with Gasteiger partial charge in [0.25, 0.3) is 0 Å². The second-order valence-electron chi connectivity index (χ2n) is 14.7. The molecule has 1 aromatic carbocycles. The highest BCUT2D eigenvalue weighted by Crippen LogP contribution is 2.35. The molecule has 2 aromatic heterocycles. The molecule has 0 aliphatic carbocycles. The monoisotopic (exact) mass is 583 g/mol. The summed E-state index contributed by atoms with van der Waals surface area (Å²) < 4.78 is 19.1. The van der Waals surface area contributed by atoms with Crippen molar-refractivity contribution in [3.05, 3.63) is 53.5 Å². The van der Waals surface area contributed by atoms with Crippen molar-refractivity contribution in [1.82, 2.24) is 4.98 Å². The van der Waals surface area contributed by atoms with Crippen LogP contribution in [0, 0.1) is 22.6 Å². The molecule has 0 unspecified atom stereocenters. The first-order valence-electron chi connectivity index (χ1n) is 15.3. The molecule has 236 valence electrons. The summed E-state index contributed by atoms with van der Waals surface area (Å²) in [6, 6.07) is 9.91. The Bertz CT molecular complexity index is 1240. The second kappa shape index (κ2) is 16.7. The van der Waals surface area contributed by atoms with Crippen molar-refractivity contribution in [3.63, 3.8) is 0 Å². The van der Waals surface area contributed by atoms with E-state index in [1.165, 1.54) is 25.0 Å². The predicted molar refractivity (Wildman–Crippen MR) is 178 cm³/mol. The topological polar surface area (TPSA) is 60.2 Å². The molecule has 0 saturated carbocycles. The van der Waals surface area contributed by atoms with E-state index in [1.54, 1.807) is 18.2 Å². The van der Waals surface area contributed by atoms with Gasteiger partial charge in [-0.2, -0.15) is 0 Å². The second-order valence-corrected chi connectivity index (χ2v) is 14.7. The molecule has 0 N–H and O–H groups in total. The number of hydrogen-bond acceptors (Lipinski definition) is 4. The van der Waals surface area contributed by atoms with E-state index in [-0.39, 0.29) is 28.3 Å². The summed E-state index contributed by atoms with van der Waals surface area (Å²) >= 11 is 0. The molecule has 0 saturated heterocycles. The fraction of sp³-hybridized carbons (Fsp3) is 0.595. The van der Waals surface area contributed by atoms with Gasteiger partial charge in [0, 0.05) is 34.9 Å². The van der Waals surface area contributed by atoms with Crippen LogP contribution < -0.4 is 0 Å². The predicted octanol–water partition coefficient (Wildman–Crippen LogP) is 11.6. The van der Waals surface area contributed by atoms with Gasteiger partial charge in [-0.05, 0) is 41.2 Å². The van der Waals surface area contributed by atoms with Crippen molar-refractivity contribution in [2.75, 3.05) is 0 Å². The van der Waals surface area contributed by atoms with Crippen LogP contribution in [0.4, 0.5) is 4.39 Å². The van der Waals surface area contributed by atoms with Crippen LogP contribution in [0.5, 0.6) is 0 Å². The highest BCUT2D eigenvalue weighted by molar-refractivity contribution is 5.98. The number of halogens is 1. The van der Waals surface area contributed by atoms with Gasteiger partial charge in [0.15, 0.2) is 11.3 Å². The first-order valence-corrected chi connectivity index (χ1v) is 15.3. The molecule has 0 spiro atoms. The first kappa shape index (κ1) is 39.2. The van der Waals surface area contributed by atoms with Gasteiger partial charge in [-0.25, -0.2) is 9.37 Å². The Morgan fingerprint density at radius 3 is 1.64 bits per heavy atom. The maximum atomic E-state index is 13.2. The molecule has 0 bridgehead atoms. The fourth-order valence-electron chi connectivity index (χ4n) is 3.28. The third-order valence-electron chi connectivity index (χ3n) is 5.85. The number of pyridine rings is 1. The lowest BCUT2D eigenvalue weighted by Crippen LogP contribution is -2.18. The van der Waals surface area contributed by atoms with E-state index in [1.807, 2.05) is 47.6 Å². The number of ketones is 2. The van der Waals surface area contributed by atoms with Crippen LogP contribution in [0.15, 0.2) is 40.8 Å². The third kappa shape index (κ3) is 14.4. The maximum absolute atomic E-state index is 13.2. The summed E-state index contributed by atoms with van der Waals surface area (Å²) in [7, 11) is 0. The average Bonchev–Trinajstić information content (AvgIpc) is 3.30. The smallest absolute Gasteiger partial charge is 0.200 e. The van der Waals surface area contributed by atoms with Crippen molar-refractivity contribution < 1.29 is 18.4 Å². The standard InChI is InChI=1S/C21H22FNO2.C7H14O.C5H12.C4H10/c1-12(2)19(24)18-11-17-20(25-18)15(21(3,4)5)10-16(23-17)13-6-8-14(22)9-7-13;1-5-6(8)7(2,3)4;1-5(2,3)4;1-3-4-2/h6-12H,1-5H3;5H2,1-4H3;1-4H3;3-4H2,1-2H3. The van der Waals surface area contributed by atoms with E-state index in [2.05, 4.69) is 67.3 Å². The van der Waals surface area contributed by atoms with Gasteiger partial charge in [0.1, 0.15) is 17.1 Å². The van der Waals surface area contributed by atoms with Crippen LogP contribution in [-0.4, -0.2) is 16.6 Å². The van der Waals surface area contributed by atoms with Crippen molar-refractivity contribution in [3.8, 4) is 11.3 Å². The van der Waals surface area contributed by atoms with Crippen molar-refractivity contribution in [1.29, 1.82) is 0 Å². The molecule has 42 heavy (non-hydrogen) atoms. The zero-order valence-corrected chi connectivity index (χ0v) is 29.2. The summed E-state index contributed by atoms with van der Waals surface area (Å²) in [5.41, 5.74) is 4.01. The van der Waals surface area contributed by atoms with Gasteiger partial charge in [-0.15, -0.1) is 0 Å². The van der Waals surface area contributed by atoms with Gasteiger partial charge >= 0.3 is 0 Å². The van der Waals surface area contributed by atoms with Gasteiger partial charge in [0.05, 0.1) is 5.69 Å². The summed E-state index contributed by atoms with van der Waals surface area (Å²) in [4.78, 5) is 27.8. The molecule has 0 atom stereocenters. The number of nitrogens with zero attached hydrogens (tertiary/aromatic N) is 1. The summed E-state index contributed by atoms with van der Waals surface area (Å²) in [5.74, 6) is 0.196. The fourth-order valence-corrected chi connectivity index (χ4v) is 3.28.